The van der Waals surface area contributed by atoms with Crippen LogP contribution in [0.15, 0.2) is 6.20 Å². The summed E-state index contributed by atoms with van der Waals surface area (Å²) in [6.07, 6.45) is 3.81. The first-order valence-electron chi connectivity index (χ1n) is 5.88. The monoisotopic (exact) mass is 238 g/mol. The number of rotatable bonds is 4. The third kappa shape index (κ3) is 3.54. The number of aryl methyl sites for hydroxylation is 1. The Bertz CT molecular complexity index is 371. The summed E-state index contributed by atoms with van der Waals surface area (Å²) in [5, 5.41) is 12.5. The zero-order valence-corrected chi connectivity index (χ0v) is 9.95. The SMILES string of the molecule is Cc1cn[nH]c1NC(=O)COC1CCNCC1. The van der Waals surface area contributed by atoms with Gasteiger partial charge in [-0.05, 0) is 32.9 Å². The maximum atomic E-state index is 11.6. The second-order valence-corrected chi connectivity index (χ2v) is 4.24. The van der Waals surface area contributed by atoms with E-state index in [1.54, 1.807) is 6.20 Å². The highest BCUT2D eigenvalue weighted by Gasteiger charge is 2.15. The van der Waals surface area contributed by atoms with Crippen molar-refractivity contribution in [2.75, 3.05) is 25.0 Å². The van der Waals surface area contributed by atoms with Gasteiger partial charge < -0.3 is 15.4 Å². The van der Waals surface area contributed by atoms with Crippen molar-refractivity contribution in [1.82, 2.24) is 15.5 Å². The highest BCUT2D eigenvalue weighted by atomic mass is 16.5. The molecule has 2 heterocycles. The number of aromatic nitrogens is 2. The molecule has 1 aromatic rings. The van der Waals surface area contributed by atoms with Gasteiger partial charge in [0.05, 0.1) is 12.3 Å². The molecule has 0 bridgehead atoms. The van der Waals surface area contributed by atoms with Crippen LogP contribution in [0.25, 0.3) is 0 Å². The standard InChI is InChI=1S/C11H18N4O2/c1-8-6-13-15-11(8)14-10(16)7-17-9-2-4-12-5-3-9/h6,9,12H,2-5,7H2,1H3,(H2,13,14,15,16). The van der Waals surface area contributed by atoms with E-state index >= 15 is 0 Å². The van der Waals surface area contributed by atoms with E-state index < -0.39 is 0 Å². The molecule has 1 aliphatic rings. The van der Waals surface area contributed by atoms with Crippen molar-refractivity contribution < 1.29 is 9.53 Å². The van der Waals surface area contributed by atoms with Crippen LogP contribution < -0.4 is 10.6 Å². The van der Waals surface area contributed by atoms with Crippen molar-refractivity contribution in [3.63, 3.8) is 0 Å². The van der Waals surface area contributed by atoms with E-state index in [2.05, 4.69) is 20.8 Å². The van der Waals surface area contributed by atoms with Gasteiger partial charge in [0.2, 0.25) is 0 Å². The number of hydrogen-bond acceptors (Lipinski definition) is 4. The largest absolute Gasteiger partial charge is 0.368 e. The maximum Gasteiger partial charge on any atom is 0.251 e. The summed E-state index contributed by atoms with van der Waals surface area (Å²) in [5.74, 6) is 0.500. The summed E-state index contributed by atoms with van der Waals surface area (Å²) in [7, 11) is 0. The van der Waals surface area contributed by atoms with Gasteiger partial charge in [0, 0.05) is 5.56 Å². The molecule has 0 saturated carbocycles. The molecule has 1 aromatic heterocycles. The van der Waals surface area contributed by atoms with Gasteiger partial charge in [0.25, 0.3) is 5.91 Å². The highest BCUT2D eigenvalue weighted by molar-refractivity contribution is 5.91. The first-order valence-corrected chi connectivity index (χ1v) is 5.88. The lowest BCUT2D eigenvalue weighted by molar-refractivity contribution is -0.123. The molecule has 2 rings (SSSR count). The molecular formula is C11H18N4O2. The van der Waals surface area contributed by atoms with Crippen LogP contribution in [0, 0.1) is 6.92 Å². The number of carbonyl (C=O) groups excluding carboxylic acids is 1. The first-order chi connectivity index (χ1) is 8.25. The molecule has 0 spiro atoms. The molecule has 0 atom stereocenters. The van der Waals surface area contributed by atoms with Gasteiger partial charge in [-0.2, -0.15) is 5.10 Å². The van der Waals surface area contributed by atoms with E-state index in [1.807, 2.05) is 6.92 Å². The lowest BCUT2D eigenvalue weighted by Gasteiger charge is -2.22. The van der Waals surface area contributed by atoms with Crippen molar-refractivity contribution in [2.45, 2.75) is 25.9 Å². The second-order valence-electron chi connectivity index (χ2n) is 4.24. The molecule has 17 heavy (non-hydrogen) atoms. The summed E-state index contributed by atoms with van der Waals surface area (Å²) < 4.78 is 5.55. The van der Waals surface area contributed by atoms with E-state index in [9.17, 15) is 4.79 Å². The van der Waals surface area contributed by atoms with Gasteiger partial charge in [-0.3, -0.25) is 9.89 Å². The minimum absolute atomic E-state index is 0.100. The molecule has 0 unspecified atom stereocenters. The number of carbonyl (C=O) groups is 1. The molecule has 1 amide bonds. The van der Waals surface area contributed by atoms with E-state index in [0.29, 0.717) is 5.82 Å². The minimum atomic E-state index is -0.143. The van der Waals surface area contributed by atoms with Crippen molar-refractivity contribution in [3.05, 3.63) is 11.8 Å². The van der Waals surface area contributed by atoms with Crippen molar-refractivity contribution in [3.8, 4) is 0 Å². The maximum absolute atomic E-state index is 11.6. The predicted octanol–water partition coefficient (Wildman–Crippen LogP) is 0.425. The fourth-order valence-electron chi connectivity index (χ4n) is 1.80. The third-order valence-corrected chi connectivity index (χ3v) is 2.83. The molecule has 0 radical (unpaired) electrons. The fourth-order valence-corrected chi connectivity index (χ4v) is 1.80. The van der Waals surface area contributed by atoms with E-state index in [-0.39, 0.29) is 18.6 Å². The highest BCUT2D eigenvalue weighted by Crippen LogP contribution is 2.09. The first kappa shape index (κ1) is 12.1. The summed E-state index contributed by atoms with van der Waals surface area (Å²) >= 11 is 0. The summed E-state index contributed by atoms with van der Waals surface area (Å²) in [5.41, 5.74) is 0.917. The summed E-state index contributed by atoms with van der Waals surface area (Å²) in [6, 6.07) is 0. The third-order valence-electron chi connectivity index (χ3n) is 2.83. The molecule has 0 aliphatic carbocycles. The number of ether oxygens (including phenoxy) is 1. The van der Waals surface area contributed by atoms with Crippen LogP contribution in [0.4, 0.5) is 5.82 Å². The van der Waals surface area contributed by atoms with Crippen LogP contribution in [-0.4, -0.2) is 41.9 Å². The van der Waals surface area contributed by atoms with Crippen LogP contribution >= 0.6 is 0 Å². The van der Waals surface area contributed by atoms with Crippen molar-refractivity contribution in [1.29, 1.82) is 0 Å². The molecule has 3 N–H and O–H groups in total. The van der Waals surface area contributed by atoms with Gasteiger partial charge in [-0.15, -0.1) is 0 Å². The van der Waals surface area contributed by atoms with E-state index in [0.717, 1.165) is 31.5 Å². The Morgan fingerprint density at radius 1 is 1.59 bits per heavy atom. The Balaban J connectivity index is 1.72. The van der Waals surface area contributed by atoms with Crippen LogP contribution in [0.1, 0.15) is 18.4 Å². The quantitative estimate of drug-likeness (QED) is 0.710. The lowest BCUT2D eigenvalue weighted by Crippen LogP contribution is -2.34. The number of nitrogens with one attached hydrogen (secondary N) is 3. The average molecular weight is 238 g/mol. The molecule has 1 saturated heterocycles. The van der Waals surface area contributed by atoms with Gasteiger partial charge in [-0.1, -0.05) is 0 Å². The van der Waals surface area contributed by atoms with Gasteiger partial charge in [-0.25, -0.2) is 0 Å². The number of hydrogen-bond donors (Lipinski definition) is 3. The number of aromatic amines is 1. The molecule has 94 valence electrons. The Kier molecular flexibility index (Phi) is 4.11. The molecule has 1 aliphatic heterocycles. The minimum Gasteiger partial charge on any atom is -0.368 e. The second kappa shape index (κ2) is 5.79. The van der Waals surface area contributed by atoms with E-state index in [1.165, 1.54) is 0 Å². The summed E-state index contributed by atoms with van der Waals surface area (Å²) in [6.45, 7) is 3.91. The normalized spacial score (nSPS) is 17.0. The predicted molar refractivity (Wildman–Crippen MR) is 63.8 cm³/mol. The molecule has 0 aromatic carbocycles. The summed E-state index contributed by atoms with van der Waals surface area (Å²) in [4.78, 5) is 11.6. The zero-order chi connectivity index (χ0) is 12.1. The van der Waals surface area contributed by atoms with Crippen LogP contribution in [0.3, 0.4) is 0 Å². The number of amides is 1. The van der Waals surface area contributed by atoms with Crippen LogP contribution in [0.5, 0.6) is 0 Å². The lowest BCUT2D eigenvalue weighted by atomic mass is 10.1. The average Bonchev–Trinajstić information content (AvgIpc) is 2.74. The number of anilines is 1. The Labute approximate surface area is 100 Å². The Morgan fingerprint density at radius 3 is 3.00 bits per heavy atom. The smallest absolute Gasteiger partial charge is 0.251 e. The van der Waals surface area contributed by atoms with Gasteiger partial charge in [0.1, 0.15) is 12.4 Å². The molecular weight excluding hydrogens is 220 g/mol. The zero-order valence-electron chi connectivity index (χ0n) is 9.95. The van der Waals surface area contributed by atoms with E-state index in [4.69, 9.17) is 4.74 Å². The van der Waals surface area contributed by atoms with Crippen LogP contribution in [-0.2, 0) is 9.53 Å². The Hall–Kier alpha value is -1.40. The molecule has 1 fully saturated rings. The van der Waals surface area contributed by atoms with Crippen molar-refractivity contribution in [2.24, 2.45) is 0 Å². The number of nitrogens with zero attached hydrogens (tertiary/aromatic N) is 1. The van der Waals surface area contributed by atoms with Gasteiger partial charge in [0.15, 0.2) is 0 Å². The Morgan fingerprint density at radius 2 is 2.35 bits per heavy atom. The fraction of sp³-hybridized carbons (Fsp3) is 0.636. The van der Waals surface area contributed by atoms with Crippen LogP contribution in [0.2, 0.25) is 0 Å². The number of piperidine rings is 1. The number of H-pyrrole nitrogens is 1. The van der Waals surface area contributed by atoms with Gasteiger partial charge >= 0.3 is 0 Å². The molecule has 6 nitrogen and oxygen atoms in total. The van der Waals surface area contributed by atoms with Crippen molar-refractivity contribution >= 4 is 11.7 Å². The topological polar surface area (TPSA) is 79.0 Å². The molecule has 6 heteroatoms.